The molecule has 1 aromatic heterocycles. The second-order valence-corrected chi connectivity index (χ2v) is 6.15. The number of thiocarbonyl (C=S) groups is 1. The van der Waals surface area contributed by atoms with Crippen molar-refractivity contribution in [2.75, 3.05) is 0 Å². The van der Waals surface area contributed by atoms with Crippen LogP contribution in [0.25, 0.3) is 0 Å². The van der Waals surface area contributed by atoms with Crippen molar-refractivity contribution in [2.24, 2.45) is 11.0 Å². The highest BCUT2D eigenvalue weighted by Crippen LogP contribution is 2.23. The third-order valence-corrected chi connectivity index (χ3v) is 4.20. The molecule has 0 saturated heterocycles. The summed E-state index contributed by atoms with van der Waals surface area (Å²) >= 11 is 5.30. The molecule has 1 saturated carbocycles. The number of rotatable bonds is 3. The fourth-order valence-corrected chi connectivity index (χ4v) is 2.98. The molecule has 4 nitrogen and oxygen atoms in total. The summed E-state index contributed by atoms with van der Waals surface area (Å²) in [6, 6.07) is 2.55. The van der Waals surface area contributed by atoms with Crippen LogP contribution in [0.4, 0.5) is 0 Å². The molecule has 2 atom stereocenters. The summed E-state index contributed by atoms with van der Waals surface area (Å²) in [5, 5.41) is 8.20. The Morgan fingerprint density at radius 1 is 1.40 bits per heavy atom. The number of aromatic nitrogens is 1. The number of nitrogens with one attached hydrogen (secondary N) is 3. The average Bonchev–Trinajstić information content (AvgIpc) is 2.71. The van der Waals surface area contributed by atoms with Crippen molar-refractivity contribution in [2.45, 2.75) is 52.5 Å². The SMILES string of the molecule is Cc1cc(/C=N/NC(=S)N[C@H]2CCCC[C@@H]2C)c(C)[nH]1. The highest BCUT2D eigenvalue weighted by atomic mass is 32.1. The molecule has 110 valence electrons. The van der Waals surface area contributed by atoms with Crippen molar-refractivity contribution in [1.82, 2.24) is 15.7 Å². The van der Waals surface area contributed by atoms with E-state index in [1.54, 1.807) is 6.21 Å². The number of hydrazone groups is 1. The second-order valence-electron chi connectivity index (χ2n) is 5.74. The topological polar surface area (TPSA) is 52.2 Å². The molecule has 1 aliphatic carbocycles. The van der Waals surface area contributed by atoms with Crippen molar-refractivity contribution in [3.05, 3.63) is 23.0 Å². The van der Waals surface area contributed by atoms with Crippen molar-refractivity contribution in [1.29, 1.82) is 0 Å². The molecular formula is C15H24N4S. The first-order valence-corrected chi connectivity index (χ1v) is 7.73. The molecule has 0 bridgehead atoms. The van der Waals surface area contributed by atoms with Crippen molar-refractivity contribution in [3.8, 4) is 0 Å². The summed E-state index contributed by atoms with van der Waals surface area (Å²) in [6.07, 6.45) is 6.91. The van der Waals surface area contributed by atoms with Gasteiger partial charge in [0.2, 0.25) is 0 Å². The van der Waals surface area contributed by atoms with Gasteiger partial charge in [-0.1, -0.05) is 19.8 Å². The van der Waals surface area contributed by atoms with E-state index < -0.39 is 0 Å². The Bertz CT molecular complexity index is 492. The number of hydrogen-bond acceptors (Lipinski definition) is 2. The lowest BCUT2D eigenvalue weighted by Gasteiger charge is -2.30. The Labute approximate surface area is 126 Å². The summed E-state index contributed by atoms with van der Waals surface area (Å²) < 4.78 is 0. The van der Waals surface area contributed by atoms with Gasteiger partial charge < -0.3 is 10.3 Å². The smallest absolute Gasteiger partial charge is 0.187 e. The van der Waals surface area contributed by atoms with Crippen LogP contribution in [0.15, 0.2) is 11.2 Å². The normalized spacial score (nSPS) is 22.9. The zero-order valence-electron chi connectivity index (χ0n) is 12.5. The van der Waals surface area contributed by atoms with Crippen LogP contribution in [0.1, 0.15) is 49.6 Å². The van der Waals surface area contributed by atoms with Gasteiger partial charge in [-0.25, -0.2) is 0 Å². The summed E-state index contributed by atoms with van der Waals surface area (Å²) in [5.74, 6) is 0.682. The first-order valence-electron chi connectivity index (χ1n) is 7.32. The third-order valence-electron chi connectivity index (χ3n) is 3.99. The highest BCUT2D eigenvalue weighted by Gasteiger charge is 2.21. The van der Waals surface area contributed by atoms with Gasteiger partial charge in [-0.2, -0.15) is 5.10 Å². The zero-order valence-corrected chi connectivity index (χ0v) is 13.3. The standard InChI is InChI=1S/C15H24N4S/c1-10-6-4-5-7-14(10)18-15(20)19-16-9-13-8-11(2)17-12(13)3/h8-10,14,17H,4-7H2,1-3H3,(H2,18,19,20)/b16-9+/t10-,14-/m0/s1. The summed E-state index contributed by atoms with van der Waals surface area (Å²) in [4.78, 5) is 3.25. The Balaban J connectivity index is 1.81. The van der Waals surface area contributed by atoms with E-state index in [9.17, 15) is 0 Å². The third kappa shape index (κ3) is 4.07. The van der Waals surface area contributed by atoms with Gasteiger partial charge in [-0.3, -0.25) is 5.43 Å². The minimum absolute atomic E-state index is 0.482. The molecule has 0 radical (unpaired) electrons. The first-order chi connectivity index (χ1) is 9.56. The molecule has 20 heavy (non-hydrogen) atoms. The van der Waals surface area contributed by atoms with E-state index in [1.165, 1.54) is 25.7 Å². The second kappa shape index (κ2) is 6.88. The van der Waals surface area contributed by atoms with E-state index in [-0.39, 0.29) is 0 Å². The maximum atomic E-state index is 5.30. The van der Waals surface area contributed by atoms with E-state index in [1.807, 2.05) is 13.8 Å². The van der Waals surface area contributed by atoms with Gasteiger partial charge in [-0.15, -0.1) is 0 Å². The van der Waals surface area contributed by atoms with Gasteiger partial charge >= 0.3 is 0 Å². The lowest BCUT2D eigenvalue weighted by Crippen LogP contribution is -2.44. The maximum Gasteiger partial charge on any atom is 0.187 e. The Kier molecular flexibility index (Phi) is 5.17. The van der Waals surface area contributed by atoms with E-state index in [0.29, 0.717) is 17.1 Å². The largest absolute Gasteiger partial charge is 0.362 e. The quantitative estimate of drug-likeness (QED) is 0.456. The molecule has 3 N–H and O–H groups in total. The molecule has 1 heterocycles. The van der Waals surface area contributed by atoms with E-state index in [0.717, 1.165) is 17.0 Å². The predicted octanol–water partition coefficient (Wildman–Crippen LogP) is 3.01. The molecule has 0 unspecified atom stereocenters. The fraction of sp³-hybridized carbons (Fsp3) is 0.600. The van der Waals surface area contributed by atoms with E-state index >= 15 is 0 Å². The Morgan fingerprint density at radius 3 is 2.80 bits per heavy atom. The van der Waals surface area contributed by atoms with Crippen LogP contribution in [0.3, 0.4) is 0 Å². The van der Waals surface area contributed by atoms with E-state index in [4.69, 9.17) is 12.2 Å². The molecule has 2 rings (SSSR count). The minimum atomic E-state index is 0.482. The summed E-state index contributed by atoms with van der Waals surface area (Å²) in [5.41, 5.74) is 6.26. The molecular weight excluding hydrogens is 268 g/mol. The van der Waals surface area contributed by atoms with Gasteiger partial charge in [0.05, 0.1) is 6.21 Å². The van der Waals surface area contributed by atoms with Crippen molar-refractivity contribution >= 4 is 23.5 Å². The molecule has 5 heteroatoms. The lowest BCUT2D eigenvalue weighted by atomic mass is 9.86. The van der Waals surface area contributed by atoms with Crippen molar-refractivity contribution in [3.63, 3.8) is 0 Å². The first kappa shape index (κ1) is 15.0. The molecule has 0 aliphatic heterocycles. The van der Waals surface area contributed by atoms with E-state index in [2.05, 4.69) is 33.8 Å². The van der Waals surface area contributed by atoms with Gasteiger partial charge in [-0.05, 0) is 50.9 Å². The number of nitrogens with zero attached hydrogens (tertiary/aromatic N) is 1. The maximum absolute atomic E-state index is 5.30. The lowest BCUT2D eigenvalue weighted by molar-refractivity contribution is 0.308. The fourth-order valence-electron chi connectivity index (χ4n) is 2.77. The molecule has 1 fully saturated rings. The zero-order chi connectivity index (χ0) is 14.5. The Morgan fingerprint density at radius 2 is 2.15 bits per heavy atom. The molecule has 1 aliphatic rings. The van der Waals surface area contributed by atoms with Crippen molar-refractivity contribution < 1.29 is 0 Å². The van der Waals surface area contributed by atoms with Crippen LogP contribution in [-0.2, 0) is 0 Å². The van der Waals surface area contributed by atoms with Gasteiger partial charge in [0.1, 0.15) is 0 Å². The molecule has 1 aromatic rings. The van der Waals surface area contributed by atoms with Crippen LogP contribution < -0.4 is 10.7 Å². The summed E-state index contributed by atoms with van der Waals surface area (Å²) in [7, 11) is 0. The van der Waals surface area contributed by atoms with Crippen LogP contribution in [0.2, 0.25) is 0 Å². The van der Waals surface area contributed by atoms with Crippen LogP contribution >= 0.6 is 12.2 Å². The molecule has 0 amide bonds. The number of aryl methyl sites for hydroxylation is 2. The van der Waals surface area contributed by atoms with Crippen LogP contribution in [-0.4, -0.2) is 22.4 Å². The molecule has 0 aromatic carbocycles. The summed E-state index contributed by atoms with van der Waals surface area (Å²) in [6.45, 7) is 6.36. The van der Waals surface area contributed by atoms with Gasteiger partial charge in [0.25, 0.3) is 0 Å². The van der Waals surface area contributed by atoms with Crippen LogP contribution in [0, 0.1) is 19.8 Å². The predicted molar refractivity (Wildman–Crippen MR) is 88.2 cm³/mol. The van der Waals surface area contributed by atoms with Crippen LogP contribution in [0.5, 0.6) is 0 Å². The minimum Gasteiger partial charge on any atom is -0.362 e. The average molecular weight is 292 g/mol. The van der Waals surface area contributed by atoms with Gasteiger partial charge in [0.15, 0.2) is 5.11 Å². The van der Waals surface area contributed by atoms with Gasteiger partial charge in [0, 0.05) is 23.0 Å². The number of aromatic amines is 1. The number of hydrogen-bond donors (Lipinski definition) is 3. The molecule has 0 spiro atoms. The highest BCUT2D eigenvalue weighted by molar-refractivity contribution is 7.80. The monoisotopic (exact) mass is 292 g/mol. The number of H-pyrrole nitrogens is 1. The Hall–Kier alpha value is -1.36.